The van der Waals surface area contributed by atoms with Crippen LogP contribution in [-0.4, -0.2) is 79.0 Å². The number of hydrogen-bond acceptors (Lipinski definition) is 9. The maximum absolute atomic E-state index is 12.0. The second kappa shape index (κ2) is 9.20. The zero-order valence-electron chi connectivity index (χ0n) is 15.3. The van der Waals surface area contributed by atoms with Crippen molar-refractivity contribution in [2.45, 2.75) is 56.7 Å². The Balaban J connectivity index is 1.70. The monoisotopic (exact) mass is 369 g/mol. The van der Waals surface area contributed by atoms with E-state index in [4.69, 9.17) is 15.2 Å². The van der Waals surface area contributed by atoms with Gasteiger partial charge in [0, 0.05) is 6.42 Å². The van der Waals surface area contributed by atoms with Crippen LogP contribution in [0.5, 0.6) is 0 Å². The molecule has 0 bridgehead atoms. The predicted octanol–water partition coefficient (Wildman–Crippen LogP) is -0.578. The number of esters is 4. The van der Waals surface area contributed by atoms with Crippen molar-refractivity contribution < 1.29 is 28.7 Å². The minimum Gasteiger partial charge on any atom is -0.392 e. The number of ether oxygens (including phenoxy) is 2. The lowest BCUT2D eigenvalue weighted by atomic mass is 10.1. The summed E-state index contributed by atoms with van der Waals surface area (Å²) in [6.45, 7) is 1.56. The Morgan fingerprint density at radius 2 is 1.46 bits per heavy atom. The number of nitrogens with zero attached hydrogens (tertiary/aromatic N) is 2. The second-order valence-corrected chi connectivity index (χ2v) is 6.96. The van der Waals surface area contributed by atoms with Gasteiger partial charge in [-0.05, 0) is 59.3 Å². The summed E-state index contributed by atoms with van der Waals surface area (Å²) in [6.07, 6.45) is 2.79. The summed E-state index contributed by atoms with van der Waals surface area (Å²) in [6, 6.07) is -1.96. The van der Waals surface area contributed by atoms with Gasteiger partial charge in [0.05, 0.1) is 0 Å². The highest BCUT2D eigenvalue weighted by atomic mass is 16.6. The van der Waals surface area contributed by atoms with Gasteiger partial charge in [-0.15, -0.1) is 0 Å². The highest BCUT2D eigenvalue weighted by molar-refractivity contribution is 5.91. The van der Waals surface area contributed by atoms with Crippen LogP contribution in [0.25, 0.3) is 0 Å². The third-order valence-corrected chi connectivity index (χ3v) is 4.96. The average molecular weight is 369 g/mol. The Labute approximate surface area is 152 Å². The lowest BCUT2D eigenvalue weighted by Gasteiger charge is -2.18. The van der Waals surface area contributed by atoms with E-state index >= 15 is 0 Å². The van der Waals surface area contributed by atoms with Crippen molar-refractivity contribution in [1.82, 2.24) is 9.80 Å². The Morgan fingerprint density at radius 1 is 0.962 bits per heavy atom. The first-order valence-electron chi connectivity index (χ1n) is 8.95. The van der Waals surface area contributed by atoms with Crippen LogP contribution in [0.4, 0.5) is 0 Å². The third kappa shape index (κ3) is 5.33. The van der Waals surface area contributed by atoms with E-state index in [1.54, 1.807) is 14.1 Å². The van der Waals surface area contributed by atoms with E-state index in [1.165, 1.54) is 0 Å². The highest BCUT2D eigenvalue weighted by Crippen LogP contribution is 2.17. The van der Waals surface area contributed by atoms with Crippen molar-refractivity contribution in [1.29, 1.82) is 0 Å². The normalized spacial score (nSPS) is 25.0. The molecule has 2 N–H and O–H groups in total. The number of carbonyl (C=O) groups excluding carboxylic acids is 4. The van der Waals surface area contributed by atoms with Crippen LogP contribution in [0, 0.1) is 0 Å². The second-order valence-electron chi connectivity index (χ2n) is 6.96. The van der Waals surface area contributed by atoms with E-state index in [-0.39, 0.29) is 12.8 Å². The summed E-state index contributed by atoms with van der Waals surface area (Å²) in [4.78, 5) is 51.2. The standard InChI is InChI=1S/C17H27N3O6/c1-19-9-3-5-12(19)16(23)25-14(21)8-7-11(18)15(22)26-17(24)13-6-4-10-20(13)2/h11-13H,3-10,18H2,1-2H3. The molecular weight excluding hydrogens is 342 g/mol. The van der Waals surface area contributed by atoms with E-state index in [0.29, 0.717) is 12.8 Å². The maximum atomic E-state index is 12.0. The molecule has 3 atom stereocenters. The van der Waals surface area contributed by atoms with Gasteiger partial charge in [-0.2, -0.15) is 0 Å². The third-order valence-electron chi connectivity index (χ3n) is 4.96. The lowest BCUT2D eigenvalue weighted by molar-refractivity contribution is -0.163. The van der Waals surface area contributed by atoms with Gasteiger partial charge in [0.1, 0.15) is 18.1 Å². The molecule has 2 rings (SSSR count). The Morgan fingerprint density at radius 3 is 1.92 bits per heavy atom. The van der Waals surface area contributed by atoms with Crippen LogP contribution >= 0.6 is 0 Å². The van der Waals surface area contributed by atoms with Gasteiger partial charge >= 0.3 is 23.9 Å². The molecule has 0 amide bonds. The van der Waals surface area contributed by atoms with Gasteiger partial charge in [0.25, 0.3) is 0 Å². The fraction of sp³-hybridized carbons (Fsp3) is 0.765. The molecule has 0 aliphatic carbocycles. The molecule has 2 saturated heterocycles. The Bertz CT molecular complexity index is 567. The SMILES string of the molecule is CN1CCCC1C(=O)OC(=O)CCC(N)C(=O)OC(=O)C1CCCN1C. The van der Waals surface area contributed by atoms with E-state index in [0.717, 1.165) is 25.9 Å². The molecule has 2 heterocycles. The number of likely N-dealkylation sites (tertiary alicyclic amines) is 2. The van der Waals surface area contributed by atoms with Gasteiger partial charge in [-0.25, -0.2) is 14.4 Å². The number of hydrogen-bond donors (Lipinski definition) is 1. The first-order chi connectivity index (χ1) is 12.3. The molecule has 2 aliphatic heterocycles. The predicted molar refractivity (Wildman–Crippen MR) is 90.7 cm³/mol. The zero-order valence-corrected chi connectivity index (χ0v) is 15.3. The molecule has 26 heavy (non-hydrogen) atoms. The Hall–Kier alpha value is -1.84. The molecule has 0 aromatic carbocycles. The van der Waals surface area contributed by atoms with E-state index in [9.17, 15) is 19.2 Å². The smallest absolute Gasteiger partial charge is 0.331 e. The van der Waals surface area contributed by atoms with Gasteiger partial charge in [-0.1, -0.05) is 0 Å². The van der Waals surface area contributed by atoms with Crippen molar-refractivity contribution in [3.05, 3.63) is 0 Å². The molecule has 0 radical (unpaired) electrons. The summed E-state index contributed by atoms with van der Waals surface area (Å²) < 4.78 is 9.62. The van der Waals surface area contributed by atoms with Crippen LogP contribution in [0.15, 0.2) is 0 Å². The number of rotatable bonds is 6. The molecule has 146 valence electrons. The van der Waals surface area contributed by atoms with Crippen molar-refractivity contribution in [3.63, 3.8) is 0 Å². The van der Waals surface area contributed by atoms with Crippen LogP contribution in [0.2, 0.25) is 0 Å². The van der Waals surface area contributed by atoms with Gasteiger partial charge in [-0.3, -0.25) is 14.6 Å². The number of carbonyl (C=O) groups is 4. The summed E-state index contributed by atoms with van der Waals surface area (Å²) >= 11 is 0. The lowest BCUT2D eigenvalue weighted by Crippen LogP contribution is -2.40. The topological polar surface area (TPSA) is 119 Å². The molecule has 2 fully saturated rings. The first kappa shape index (κ1) is 20.5. The summed E-state index contributed by atoms with van der Waals surface area (Å²) in [5, 5.41) is 0. The minimum absolute atomic E-state index is 0.0563. The fourth-order valence-electron chi connectivity index (χ4n) is 3.28. The molecule has 0 aromatic heterocycles. The largest absolute Gasteiger partial charge is 0.392 e. The average Bonchev–Trinajstić information content (AvgIpc) is 3.20. The molecule has 0 aromatic rings. The molecule has 0 spiro atoms. The highest BCUT2D eigenvalue weighted by Gasteiger charge is 2.33. The summed E-state index contributed by atoms with van der Waals surface area (Å²) in [5.74, 6) is -2.80. The first-order valence-corrected chi connectivity index (χ1v) is 8.95. The molecule has 2 aliphatic rings. The maximum Gasteiger partial charge on any atom is 0.331 e. The van der Waals surface area contributed by atoms with E-state index < -0.39 is 42.0 Å². The summed E-state index contributed by atoms with van der Waals surface area (Å²) in [7, 11) is 3.59. The molecule has 3 unspecified atom stereocenters. The quantitative estimate of drug-likeness (QED) is 0.484. The van der Waals surface area contributed by atoms with Gasteiger partial charge in [0.15, 0.2) is 0 Å². The van der Waals surface area contributed by atoms with Crippen LogP contribution < -0.4 is 5.73 Å². The van der Waals surface area contributed by atoms with E-state index in [2.05, 4.69) is 0 Å². The van der Waals surface area contributed by atoms with Crippen molar-refractivity contribution in [2.24, 2.45) is 5.73 Å². The molecule has 0 saturated carbocycles. The van der Waals surface area contributed by atoms with Crippen molar-refractivity contribution in [3.8, 4) is 0 Å². The summed E-state index contributed by atoms with van der Waals surface area (Å²) in [5.41, 5.74) is 5.68. The van der Waals surface area contributed by atoms with E-state index in [1.807, 2.05) is 9.80 Å². The molecule has 9 heteroatoms. The van der Waals surface area contributed by atoms with Crippen LogP contribution in [-0.2, 0) is 28.7 Å². The minimum atomic E-state index is -1.12. The molecule has 9 nitrogen and oxygen atoms in total. The van der Waals surface area contributed by atoms with Crippen LogP contribution in [0.3, 0.4) is 0 Å². The molecular formula is C17H27N3O6. The van der Waals surface area contributed by atoms with Gasteiger partial charge < -0.3 is 15.2 Å². The zero-order chi connectivity index (χ0) is 19.3. The Kier molecular flexibility index (Phi) is 7.24. The van der Waals surface area contributed by atoms with Gasteiger partial charge in [0.2, 0.25) is 0 Å². The van der Waals surface area contributed by atoms with Crippen molar-refractivity contribution in [2.75, 3.05) is 27.2 Å². The number of likely N-dealkylation sites (N-methyl/N-ethyl adjacent to an activating group) is 2. The number of nitrogens with two attached hydrogens (primary N) is 1. The van der Waals surface area contributed by atoms with Crippen LogP contribution in [0.1, 0.15) is 38.5 Å². The van der Waals surface area contributed by atoms with Crippen molar-refractivity contribution >= 4 is 23.9 Å². The fourth-order valence-corrected chi connectivity index (χ4v) is 3.28.